The van der Waals surface area contributed by atoms with Crippen molar-refractivity contribution >= 4 is 0 Å². The van der Waals surface area contributed by atoms with Gasteiger partial charge in [-0.3, -0.25) is 0 Å². The second-order valence-electron chi connectivity index (χ2n) is 6.20. The molecule has 1 aliphatic heterocycles. The first-order valence-electron chi connectivity index (χ1n) is 7.34. The van der Waals surface area contributed by atoms with Gasteiger partial charge in [-0.1, -0.05) is 26.2 Å². The van der Waals surface area contributed by atoms with E-state index in [1.165, 1.54) is 32.1 Å². The van der Waals surface area contributed by atoms with Crippen LogP contribution in [0.5, 0.6) is 0 Å². The quantitative estimate of drug-likeness (QED) is 0.700. The van der Waals surface area contributed by atoms with E-state index in [1.54, 1.807) is 0 Å². The van der Waals surface area contributed by atoms with Crippen molar-refractivity contribution in [2.45, 2.75) is 63.5 Å². The van der Waals surface area contributed by atoms with Crippen molar-refractivity contribution in [1.82, 2.24) is 10.6 Å². The predicted octanol–water partition coefficient (Wildman–Crippen LogP) is 1.66. The van der Waals surface area contributed by atoms with Crippen LogP contribution in [0.2, 0.25) is 0 Å². The molecule has 0 aromatic carbocycles. The summed E-state index contributed by atoms with van der Waals surface area (Å²) in [6, 6.07) is 0.619. The molecule has 2 rings (SSSR count). The molecule has 3 unspecified atom stereocenters. The van der Waals surface area contributed by atoms with Crippen molar-refractivity contribution in [3.8, 4) is 0 Å². The summed E-state index contributed by atoms with van der Waals surface area (Å²) in [5.74, 6) is 0.684. The number of nitrogens with one attached hydrogen (secondary N) is 2. The largest absolute Gasteiger partial charge is 0.389 e. The average Bonchev–Trinajstić information content (AvgIpc) is 2.30. The summed E-state index contributed by atoms with van der Waals surface area (Å²) >= 11 is 0. The van der Waals surface area contributed by atoms with Crippen LogP contribution >= 0.6 is 0 Å². The van der Waals surface area contributed by atoms with Crippen LogP contribution in [0.15, 0.2) is 0 Å². The second-order valence-corrected chi connectivity index (χ2v) is 6.20. The maximum atomic E-state index is 10.5. The number of rotatable bonds is 4. The lowest BCUT2D eigenvalue weighted by molar-refractivity contribution is -0.0120. The molecule has 0 amide bonds. The van der Waals surface area contributed by atoms with Crippen LogP contribution in [0.25, 0.3) is 0 Å². The monoisotopic (exact) mass is 240 g/mol. The van der Waals surface area contributed by atoms with Crippen molar-refractivity contribution in [2.24, 2.45) is 5.92 Å². The van der Waals surface area contributed by atoms with Crippen molar-refractivity contribution < 1.29 is 5.11 Å². The lowest BCUT2D eigenvalue weighted by Gasteiger charge is -2.36. The Morgan fingerprint density at radius 1 is 1.29 bits per heavy atom. The van der Waals surface area contributed by atoms with E-state index >= 15 is 0 Å². The van der Waals surface area contributed by atoms with Gasteiger partial charge < -0.3 is 15.7 Å². The fraction of sp³-hybridized carbons (Fsp3) is 1.00. The van der Waals surface area contributed by atoms with Gasteiger partial charge in [0.05, 0.1) is 5.60 Å². The fourth-order valence-corrected chi connectivity index (χ4v) is 3.37. The van der Waals surface area contributed by atoms with E-state index in [2.05, 4.69) is 17.6 Å². The van der Waals surface area contributed by atoms with Crippen molar-refractivity contribution in [2.75, 3.05) is 19.6 Å². The van der Waals surface area contributed by atoms with E-state index < -0.39 is 5.60 Å². The summed E-state index contributed by atoms with van der Waals surface area (Å²) in [6.07, 6.45) is 8.36. The van der Waals surface area contributed by atoms with E-state index in [4.69, 9.17) is 0 Å². The molecule has 1 heterocycles. The normalized spacial score (nSPS) is 39.2. The zero-order valence-corrected chi connectivity index (χ0v) is 11.2. The molecular formula is C14H28N2O. The molecule has 0 spiro atoms. The van der Waals surface area contributed by atoms with Gasteiger partial charge in [0.15, 0.2) is 0 Å². The van der Waals surface area contributed by atoms with Crippen molar-refractivity contribution in [3.05, 3.63) is 0 Å². The molecule has 3 nitrogen and oxygen atoms in total. The average molecular weight is 240 g/mol. The lowest BCUT2D eigenvalue weighted by Crippen LogP contribution is -2.48. The zero-order chi connectivity index (χ0) is 12.1. The van der Waals surface area contributed by atoms with Crippen LogP contribution in [0.4, 0.5) is 0 Å². The molecular weight excluding hydrogens is 212 g/mol. The lowest BCUT2D eigenvalue weighted by atomic mass is 9.79. The van der Waals surface area contributed by atoms with Crippen LogP contribution in [0.1, 0.15) is 51.9 Å². The topological polar surface area (TPSA) is 44.3 Å². The Morgan fingerprint density at radius 3 is 2.88 bits per heavy atom. The Hall–Kier alpha value is -0.120. The molecule has 3 N–H and O–H groups in total. The number of aliphatic hydroxyl groups is 1. The Morgan fingerprint density at radius 2 is 2.18 bits per heavy atom. The smallest absolute Gasteiger partial charge is 0.0774 e. The van der Waals surface area contributed by atoms with E-state index in [-0.39, 0.29) is 0 Å². The molecule has 0 bridgehead atoms. The third-order valence-corrected chi connectivity index (χ3v) is 4.32. The van der Waals surface area contributed by atoms with Crippen LogP contribution in [0, 0.1) is 5.92 Å². The standard InChI is InChI=1S/C14H28N2O/c1-12-5-4-7-14(17,9-12)11-15-10-13-6-2-3-8-16-13/h12-13,15-17H,2-11H2,1H3. The van der Waals surface area contributed by atoms with Crippen LogP contribution < -0.4 is 10.6 Å². The molecule has 2 fully saturated rings. The Bertz CT molecular complexity index is 228. The molecule has 3 heteroatoms. The summed E-state index contributed by atoms with van der Waals surface area (Å²) in [6.45, 7) is 5.20. The number of piperidine rings is 1. The second kappa shape index (κ2) is 6.17. The predicted molar refractivity (Wildman–Crippen MR) is 71.1 cm³/mol. The minimum absolute atomic E-state index is 0.438. The van der Waals surface area contributed by atoms with Gasteiger partial charge in [-0.05, 0) is 38.1 Å². The summed E-state index contributed by atoms with van der Waals surface area (Å²) in [5.41, 5.74) is -0.438. The van der Waals surface area contributed by atoms with E-state index in [9.17, 15) is 5.11 Å². The highest BCUT2D eigenvalue weighted by Gasteiger charge is 2.32. The van der Waals surface area contributed by atoms with Crippen LogP contribution in [0.3, 0.4) is 0 Å². The number of hydrogen-bond donors (Lipinski definition) is 3. The molecule has 1 aliphatic carbocycles. The van der Waals surface area contributed by atoms with Crippen LogP contribution in [-0.4, -0.2) is 36.4 Å². The summed E-state index contributed by atoms with van der Waals surface area (Å²) in [5, 5.41) is 17.5. The summed E-state index contributed by atoms with van der Waals surface area (Å²) in [7, 11) is 0. The van der Waals surface area contributed by atoms with Gasteiger partial charge in [-0.15, -0.1) is 0 Å². The molecule has 0 aromatic rings. The molecule has 3 atom stereocenters. The summed E-state index contributed by atoms with van der Waals surface area (Å²) in [4.78, 5) is 0. The maximum absolute atomic E-state index is 10.5. The minimum atomic E-state index is -0.438. The van der Waals surface area contributed by atoms with Crippen LogP contribution in [-0.2, 0) is 0 Å². The van der Waals surface area contributed by atoms with Gasteiger partial charge in [-0.25, -0.2) is 0 Å². The van der Waals surface area contributed by atoms with Gasteiger partial charge in [0.25, 0.3) is 0 Å². The molecule has 0 radical (unpaired) electrons. The van der Waals surface area contributed by atoms with Gasteiger partial charge >= 0.3 is 0 Å². The van der Waals surface area contributed by atoms with Crippen molar-refractivity contribution in [3.63, 3.8) is 0 Å². The van der Waals surface area contributed by atoms with Gasteiger partial charge in [0.2, 0.25) is 0 Å². The molecule has 2 aliphatic rings. The maximum Gasteiger partial charge on any atom is 0.0774 e. The fourth-order valence-electron chi connectivity index (χ4n) is 3.37. The zero-order valence-electron chi connectivity index (χ0n) is 11.2. The van der Waals surface area contributed by atoms with Gasteiger partial charge in [-0.2, -0.15) is 0 Å². The third kappa shape index (κ3) is 4.23. The minimum Gasteiger partial charge on any atom is -0.389 e. The highest BCUT2D eigenvalue weighted by molar-refractivity contribution is 4.87. The van der Waals surface area contributed by atoms with E-state index in [1.807, 2.05) is 0 Å². The van der Waals surface area contributed by atoms with Gasteiger partial charge in [0, 0.05) is 19.1 Å². The summed E-state index contributed by atoms with van der Waals surface area (Å²) < 4.78 is 0. The third-order valence-electron chi connectivity index (χ3n) is 4.32. The first kappa shape index (κ1) is 13.3. The highest BCUT2D eigenvalue weighted by atomic mass is 16.3. The Balaban J connectivity index is 1.66. The first-order chi connectivity index (χ1) is 8.18. The molecule has 1 saturated heterocycles. The first-order valence-corrected chi connectivity index (χ1v) is 7.34. The van der Waals surface area contributed by atoms with Crippen molar-refractivity contribution in [1.29, 1.82) is 0 Å². The number of hydrogen-bond acceptors (Lipinski definition) is 3. The Kier molecular flexibility index (Phi) is 4.83. The Labute approximate surface area is 105 Å². The highest BCUT2D eigenvalue weighted by Crippen LogP contribution is 2.31. The molecule has 0 aromatic heterocycles. The molecule has 17 heavy (non-hydrogen) atoms. The van der Waals surface area contributed by atoms with Gasteiger partial charge in [0.1, 0.15) is 0 Å². The molecule has 100 valence electrons. The SMILES string of the molecule is CC1CCCC(O)(CNCC2CCCCN2)C1. The van der Waals surface area contributed by atoms with E-state index in [0.29, 0.717) is 12.0 Å². The molecule has 1 saturated carbocycles. The van der Waals surface area contributed by atoms with E-state index in [0.717, 1.165) is 32.5 Å².